The van der Waals surface area contributed by atoms with Crippen molar-refractivity contribution in [1.29, 1.82) is 0 Å². The van der Waals surface area contributed by atoms with E-state index < -0.39 is 5.97 Å². The second kappa shape index (κ2) is 10.3. The van der Waals surface area contributed by atoms with Crippen molar-refractivity contribution >= 4 is 34.0 Å². The topological polar surface area (TPSA) is 49.3 Å². The minimum Gasteiger partial charge on any atom is -0.478 e. The van der Waals surface area contributed by atoms with Crippen molar-refractivity contribution in [2.75, 3.05) is 5.32 Å². The molecule has 0 aromatic heterocycles. The van der Waals surface area contributed by atoms with Gasteiger partial charge < -0.3 is 10.4 Å². The summed E-state index contributed by atoms with van der Waals surface area (Å²) in [5, 5.41) is 12.5. The molecule has 0 aliphatic heterocycles. The summed E-state index contributed by atoms with van der Waals surface area (Å²) in [6.07, 6.45) is 4.41. The molecular formula is C25H22ClNO2. The van der Waals surface area contributed by atoms with E-state index in [2.05, 4.69) is 11.4 Å². The van der Waals surface area contributed by atoms with E-state index in [1.54, 1.807) is 6.08 Å². The summed E-state index contributed by atoms with van der Waals surface area (Å²) in [7, 11) is 0. The van der Waals surface area contributed by atoms with Crippen LogP contribution in [0.3, 0.4) is 0 Å². The van der Waals surface area contributed by atoms with Gasteiger partial charge in [0.15, 0.2) is 0 Å². The zero-order valence-electron chi connectivity index (χ0n) is 15.9. The number of nitrogens with one attached hydrogen (secondary N) is 1. The highest BCUT2D eigenvalue weighted by Crippen LogP contribution is 2.34. The first kappa shape index (κ1) is 20.4. The Bertz CT molecular complexity index is 974. The first-order valence-corrected chi connectivity index (χ1v) is 9.76. The van der Waals surface area contributed by atoms with Crippen LogP contribution in [0.15, 0.2) is 103 Å². The molecule has 4 heteroatoms. The van der Waals surface area contributed by atoms with Crippen molar-refractivity contribution in [2.24, 2.45) is 0 Å². The van der Waals surface area contributed by atoms with E-state index in [4.69, 9.17) is 16.7 Å². The summed E-state index contributed by atoms with van der Waals surface area (Å²) in [4.78, 5) is 10.4. The lowest BCUT2D eigenvalue weighted by atomic mass is 9.92. The molecule has 0 saturated heterocycles. The van der Waals surface area contributed by atoms with Crippen LogP contribution >= 0.6 is 11.6 Å². The highest BCUT2D eigenvalue weighted by molar-refractivity contribution is 6.49. The molecule has 0 spiro atoms. The van der Waals surface area contributed by atoms with Crippen molar-refractivity contribution in [1.82, 2.24) is 0 Å². The number of carbonyl (C=O) groups is 1. The van der Waals surface area contributed by atoms with E-state index in [-0.39, 0.29) is 0 Å². The van der Waals surface area contributed by atoms with Gasteiger partial charge in [0, 0.05) is 17.5 Å². The van der Waals surface area contributed by atoms with E-state index in [1.165, 1.54) is 5.56 Å². The van der Waals surface area contributed by atoms with Crippen molar-refractivity contribution in [2.45, 2.75) is 12.8 Å². The number of carboxylic acid groups (broad SMARTS) is 1. The van der Waals surface area contributed by atoms with Gasteiger partial charge in [0.25, 0.3) is 0 Å². The maximum Gasteiger partial charge on any atom is 0.328 e. The van der Waals surface area contributed by atoms with Gasteiger partial charge >= 0.3 is 5.97 Å². The fraction of sp³-hybridized carbons (Fsp3) is 0.0800. The van der Waals surface area contributed by atoms with Gasteiger partial charge in [0.05, 0.1) is 5.03 Å². The number of allylic oxidation sites excluding steroid dienone is 2. The highest BCUT2D eigenvalue weighted by atomic mass is 35.5. The van der Waals surface area contributed by atoms with Crippen LogP contribution in [-0.4, -0.2) is 11.1 Å². The third-order valence-electron chi connectivity index (χ3n) is 4.46. The number of halogens is 1. The third kappa shape index (κ3) is 6.09. The Morgan fingerprint density at radius 2 is 1.38 bits per heavy atom. The predicted molar refractivity (Wildman–Crippen MR) is 120 cm³/mol. The fourth-order valence-electron chi connectivity index (χ4n) is 3.04. The lowest BCUT2D eigenvalue weighted by Gasteiger charge is -2.17. The zero-order valence-corrected chi connectivity index (χ0v) is 16.6. The molecule has 0 fully saturated rings. The summed E-state index contributed by atoms with van der Waals surface area (Å²) in [5.74, 6) is -0.948. The Labute approximate surface area is 176 Å². The second-order valence-electron chi connectivity index (χ2n) is 6.52. The quantitative estimate of drug-likeness (QED) is 0.479. The molecule has 0 saturated carbocycles. The monoisotopic (exact) mass is 403 g/mol. The van der Waals surface area contributed by atoms with Gasteiger partial charge in [0.1, 0.15) is 0 Å². The Morgan fingerprint density at radius 3 is 1.97 bits per heavy atom. The first-order chi connectivity index (χ1) is 14.1. The average molecular weight is 404 g/mol. The Morgan fingerprint density at radius 1 is 0.828 bits per heavy atom. The number of anilines is 2. The van der Waals surface area contributed by atoms with Crippen LogP contribution in [0.1, 0.15) is 17.5 Å². The van der Waals surface area contributed by atoms with Crippen LogP contribution in [0.4, 0.5) is 11.4 Å². The van der Waals surface area contributed by atoms with Crippen LogP contribution < -0.4 is 5.32 Å². The molecule has 146 valence electrons. The largest absolute Gasteiger partial charge is 0.478 e. The normalized spacial score (nSPS) is 12.7. The number of aryl methyl sites for hydroxylation is 1. The molecule has 4 rings (SSSR count). The molecule has 29 heavy (non-hydrogen) atoms. The van der Waals surface area contributed by atoms with Gasteiger partial charge in [-0.05, 0) is 53.8 Å². The number of fused-ring (bicyclic) bond motifs is 1. The van der Waals surface area contributed by atoms with Gasteiger partial charge in [-0.2, -0.15) is 0 Å². The van der Waals surface area contributed by atoms with Crippen LogP contribution in [0.5, 0.6) is 0 Å². The Hall–Kier alpha value is -3.30. The van der Waals surface area contributed by atoms with Gasteiger partial charge in [-0.3, -0.25) is 0 Å². The van der Waals surface area contributed by atoms with Crippen molar-refractivity contribution < 1.29 is 9.90 Å². The van der Waals surface area contributed by atoms with E-state index in [0.29, 0.717) is 5.03 Å². The Balaban J connectivity index is 0.000000169. The van der Waals surface area contributed by atoms with E-state index in [1.807, 2.05) is 78.9 Å². The minimum atomic E-state index is -0.948. The molecule has 0 unspecified atom stereocenters. The molecule has 0 atom stereocenters. The summed E-state index contributed by atoms with van der Waals surface area (Å²) in [6, 6.07) is 28.2. The van der Waals surface area contributed by atoms with Crippen LogP contribution in [-0.2, 0) is 11.2 Å². The smallest absolute Gasteiger partial charge is 0.328 e. The second-order valence-corrected chi connectivity index (χ2v) is 6.90. The fourth-order valence-corrected chi connectivity index (χ4v) is 3.38. The molecule has 0 heterocycles. The highest BCUT2D eigenvalue weighted by Gasteiger charge is 2.15. The molecule has 0 radical (unpaired) electrons. The molecule has 3 aromatic carbocycles. The summed E-state index contributed by atoms with van der Waals surface area (Å²) in [6.45, 7) is 0. The first-order valence-electron chi connectivity index (χ1n) is 9.38. The standard InChI is InChI=1S/C13H11ClO2.C12H11N/c14-13-10(7-8-12(15)16)6-5-9-3-1-2-4-11(9)13;1-3-7-11(8-4-1)13-12-9-5-2-6-10-12/h1-4,7-8H,5-6H2,(H,15,16);1-10,13H. The van der Waals surface area contributed by atoms with Crippen LogP contribution in [0, 0.1) is 0 Å². The number of rotatable bonds is 4. The van der Waals surface area contributed by atoms with Gasteiger partial charge in [-0.25, -0.2) is 4.79 Å². The van der Waals surface area contributed by atoms with Gasteiger partial charge in [-0.15, -0.1) is 0 Å². The van der Waals surface area contributed by atoms with E-state index >= 15 is 0 Å². The third-order valence-corrected chi connectivity index (χ3v) is 4.91. The lowest BCUT2D eigenvalue weighted by molar-refractivity contribution is -0.131. The van der Waals surface area contributed by atoms with Gasteiger partial charge in [-0.1, -0.05) is 78.3 Å². The van der Waals surface area contributed by atoms with E-state index in [9.17, 15) is 4.79 Å². The molecule has 2 N–H and O–H groups in total. The van der Waals surface area contributed by atoms with Crippen LogP contribution in [0.2, 0.25) is 0 Å². The summed E-state index contributed by atoms with van der Waals surface area (Å²) >= 11 is 6.23. The van der Waals surface area contributed by atoms with Crippen molar-refractivity contribution in [3.8, 4) is 0 Å². The number of carboxylic acids is 1. The minimum absolute atomic E-state index is 0.666. The molecule has 1 aliphatic carbocycles. The molecule has 3 nitrogen and oxygen atoms in total. The molecule has 0 amide bonds. The van der Waals surface area contributed by atoms with Crippen LogP contribution in [0.25, 0.3) is 5.03 Å². The molecular weight excluding hydrogens is 382 g/mol. The maximum absolute atomic E-state index is 10.4. The summed E-state index contributed by atoms with van der Waals surface area (Å²) in [5.41, 5.74) is 5.37. The molecule has 1 aliphatic rings. The lowest BCUT2D eigenvalue weighted by Crippen LogP contribution is -2.01. The maximum atomic E-state index is 10.4. The summed E-state index contributed by atoms with van der Waals surface area (Å²) < 4.78 is 0. The number of para-hydroxylation sites is 2. The predicted octanol–water partition coefficient (Wildman–Crippen LogP) is 6.65. The van der Waals surface area contributed by atoms with Crippen molar-refractivity contribution in [3.63, 3.8) is 0 Å². The SMILES string of the molecule is O=C(O)C=CC1=C(Cl)c2ccccc2CC1.c1ccc(Nc2ccccc2)cc1. The van der Waals surface area contributed by atoms with E-state index in [0.717, 1.165) is 41.4 Å². The molecule has 3 aromatic rings. The molecule has 0 bridgehead atoms. The zero-order chi connectivity index (χ0) is 20.5. The number of hydrogen-bond donors (Lipinski definition) is 2. The Kier molecular flexibility index (Phi) is 7.26. The van der Waals surface area contributed by atoms with Gasteiger partial charge in [0.2, 0.25) is 0 Å². The van der Waals surface area contributed by atoms with Crippen molar-refractivity contribution in [3.05, 3.63) is 114 Å². The number of aliphatic carboxylic acids is 1. The number of benzene rings is 3. The number of hydrogen-bond acceptors (Lipinski definition) is 2. The average Bonchev–Trinajstić information content (AvgIpc) is 2.75.